The van der Waals surface area contributed by atoms with Crippen LogP contribution >= 0.6 is 11.3 Å². The average molecular weight is 209 g/mol. The van der Waals surface area contributed by atoms with Crippen molar-refractivity contribution >= 4 is 21.4 Å². The Bertz CT molecular complexity index is 464. The number of fused-ring (bicyclic) bond motifs is 1. The zero-order valence-electron chi connectivity index (χ0n) is 7.53. The van der Waals surface area contributed by atoms with Gasteiger partial charge in [-0.15, -0.1) is 11.3 Å². The molecule has 0 aliphatic rings. The number of phenolic OH excluding ortho intramolecular Hbond substituents is 1. The fraction of sp³-hybridized carbons (Fsp3) is 0.200. The van der Waals surface area contributed by atoms with Gasteiger partial charge in [-0.05, 0) is 31.2 Å². The van der Waals surface area contributed by atoms with Crippen molar-refractivity contribution in [1.29, 1.82) is 0 Å². The smallest absolute Gasteiger partial charge is 0.137 e. The molecule has 2 aromatic rings. The van der Waals surface area contributed by atoms with Crippen LogP contribution in [0.25, 0.3) is 10.1 Å². The van der Waals surface area contributed by atoms with Gasteiger partial charge in [-0.25, -0.2) is 0 Å². The number of benzene rings is 1. The highest BCUT2D eigenvalue weighted by Gasteiger charge is 2.10. The number of rotatable bonds is 2. The molecule has 0 spiro atoms. The van der Waals surface area contributed by atoms with E-state index in [1.807, 2.05) is 0 Å². The largest absolute Gasteiger partial charge is 0.508 e. The summed E-state index contributed by atoms with van der Waals surface area (Å²) in [4.78, 5) is 0.883. The van der Waals surface area contributed by atoms with E-state index >= 15 is 0 Å². The summed E-state index contributed by atoms with van der Waals surface area (Å²) in [6, 6.07) is 4.99. The first-order valence-electron chi connectivity index (χ1n) is 4.36. The van der Waals surface area contributed by atoms with Crippen molar-refractivity contribution in [2.24, 2.45) is 5.73 Å². The van der Waals surface area contributed by atoms with Gasteiger partial charge in [0, 0.05) is 15.0 Å². The molecule has 0 radical (unpaired) electrons. The Morgan fingerprint density at radius 1 is 1.29 bits per heavy atom. The van der Waals surface area contributed by atoms with E-state index in [2.05, 4.69) is 0 Å². The van der Waals surface area contributed by atoms with Gasteiger partial charge in [-0.2, -0.15) is 0 Å². The standard InChI is InChI=1S/C10H11NO2S/c11-4-3-9-10(13)7-5-6(12)1-2-8(7)14-9/h1-2,5,12-13H,3-4,11H2. The number of thiophene rings is 1. The Kier molecular flexibility index (Phi) is 2.31. The van der Waals surface area contributed by atoms with Crippen molar-refractivity contribution in [2.75, 3.05) is 6.54 Å². The molecule has 1 heterocycles. The SMILES string of the molecule is NCCc1sc2ccc(O)cc2c1O. The van der Waals surface area contributed by atoms with E-state index in [1.54, 1.807) is 18.2 Å². The Morgan fingerprint density at radius 3 is 2.79 bits per heavy atom. The minimum absolute atomic E-state index is 0.171. The quantitative estimate of drug-likeness (QED) is 0.706. The molecule has 3 nitrogen and oxygen atoms in total. The molecule has 0 aliphatic carbocycles. The summed E-state index contributed by atoms with van der Waals surface area (Å²) >= 11 is 1.52. The minimum Gasteiger partial charge on any atom is -0.508 e. The first-order valence-corrected chi connectivity index (χ1v) is 5.17. The maximum atomic E-state index is 9.79. The molecule has 4 N–H and O–H groups in total. The number of hydrogen-bond acceptors (Lipinski definition) is 4. The average Bonchev–Trinajstić information content (AvgIpc) is 2.46. The molecule has 0 fully saturated rings. The van der Waals surface area contributed by atoms with Gasteiger partial charge in [0.1, 0.15) is 11.5 Å². The van der Waals surface area contributed by atoms with Crippen molar-refractivity contribution in [1.82, 2.24) is 0 Å². The third-order valence-electron chi connectivity index (χ3n) is 2.09. The van der Waals surface area contributed by atoms with Gasteiger partial charge >= 0.3 is 0 Å². The lowest BCUT2D eigenvalue weighted by atomic mass is 10.2. The van der Waals surface area contributed by atoms with E-state index in [1.165, 1.54) is 11.3 Å². The van der Waals surface area contributed by atoms with Gasteiger partial charge in [0.2, 0.25) is 0 Å². The maximum absolute atomic E-state index is 9.79. The monoisotopic (exact) mass is 209 g/mol. The number of aromatic hydroxyl groups is 2. The number of phenols is 1. The van der Waals surface area contributed by atoms with Crippen LogP contribution in [0.4, 0.5) is 0 Å². The second-order valence-electron chi connectivity index (χ2n) is 3.09. The van der Waals surface area contributed by atoms with E-state index in [9.17, 15) is 10.2 Å². The summed E-state index contributed by atoms with van der Waals surface area (Å²) in [6.45, 7) is 0.520. The van der Waals surface area contributed by atoms with Gasteiger partial charge < -0.3 is 15.9 Å². The van der Waals surface area contributed by atoms with Crippen LogP contribution in [0.15, 0.2) is 18.2 Å². The third kappa shape index (κ3) is 1.42. The molecule has 0 amide bonds. The minimum atomic E-state index is 0.171. The van der Waals surface area contributed by atoms with Gasteiger partial charge in [-0.1, -0.05) is 0 Å². The lowest BCUT2D eigenvalue weighted by Crippen LogP contribution is -2.00. The van der Waals surface area contributed by atoms with E-state index in [4.69, 9.17) is 5.73 Å². The summed E-state index contributed by atoms with van der Waals surface area (Å²) in [7, 11) is 0. The van der Waals surface area contributed by atoms with Crippen LogP contribution in [0.1, 0.15) is 4.88 Å². The van der Waals surface area contributed by atoms with Crippen molar-refractivity contribution < 1.29 is 10.2 Å². The highest BCUT2D eigenvalue weighted by molar-refractivity contribution is 7.19. The summed E-state index contributed by atoms with van der Waals surface area (Å²) < 4.78 is 0.976. The Balaban J connectivity index is 2.62. The molecule has 2 rings (SSSR count). The van der Waals surface area contributed by atoms with Crippen LogP contribution in [-0.4, -0.2) is 16.8 Å². The van der Waals surface area contributed by atoms with E-state index in [0.29, 0.717) is 18.4 Å². The highest BCUT2D eigenvalue weighted by Crippen LogP contribution is 2.38. The van der Waals surface area contributed by atoms with Crippen LogP contribution in [0.3, 0.4) is 0 Å². The van der Waals surface area contributed by atoms with Crippen LogP contribution in [0, 0.1) is 0 Å². The Hall–Kier alpha value is -1.26. The zero-order chi connectivity index (χ0) is 10.1. The molecular formula is C10H11NO2S. The Labute approximate surface area is 85.4 Å². The molecular weight excluding hydrogens is 198 g/mol. The Morgan fingerprint density at radius 2 is 2.07 bits per heavy atom. The van der Waals surface area contributed by atoms with Gasteiger partial charge in [0.15, 0.2) is 0 Å². The second kappa shape index (κ2) is 3.48. The van der Waals surface area contributed by atoms with E-state index in [0.717, 1.165) is 9.58 Å². The summed E-state index contributed by atoms with van der Waals surface area (Å²) in [5.74, 6) is 0.427. The lowest BCUT2D eigenvalue weighted by Gasteiger charge is -1.94. The van der Waals surface area contributed by atoms with Crippen molar-refractivity contribution in [3.63, 3.8) is 0 Å². The summed E-state index contributed by atoms with van der Waals surface area (Å²) in [5.41, 5.74) is 5.43. The molecule has 1 aromatic carbocycles. The molecule has 0 saturated heterocycles. The number of hydrogen-bond donors (Lipinski definition) is 3. The third-order valence-corrected chi connectivity index (χ3v) is 3.31. The predicted molar refractivity (Wildman–Crippen MR) is 57.9 cm³/mol. The van der Waals surface area contributed by atoms with Crippen LogP contribution in [0.2, 0.25) is 0 Å². The molecule has 0 saturated carbocycles. The lowest BCUT2D eigenvalue weighted by molar-refractivity contribution is 0.470. The topological polar surface area (TPSA) is 66.5 Å². The first-order chi connectivity index (χ1) is 6.72. The predicted octanol–water partition coefficient (Wildman–Crippen LogP) is 1.81. The van der Waals surface area contributed by atoms with Gasteiger partial charge in [0.05, 0.1) is 0 Å². The van der Waals surface area contributed by atoms with E-state index < -0.39 is 0 Å². The highest BCUT2D eigenvalue weighted by atomic mass is 32.1. The second-order valence-corrected chi connectivity index (χ2v) is 4.23. The molecule has 74 valence electrons. The van der Waals surface area contributed by atoms with Crippen molar-refractivity contribution in [3.05, 3.63) is 23.1 Å². The molecule has 4 heteroatoms. The molecule has 0 bridgehead atoms. The summed E-state index contributed by atoms with van der Waals surface area (Å²) in [6.07, 6.45) is 0.673. The zero-order valence-corrected chi connectivity index (χ0v) is 8.34. The van der Waals surface area contributed by atoms with Crippen LogP contribution in [-0.2, 0) is 6.42 Å². The van der Waals surface area contributed by atoms with Gasteiger partial charge in [0.25, 0.3) is 0 Å². The molecule has 14 heavy (non-hydrogen) atoms. The maximum Gasteiger partial charge on any atom is 0.137 e. The molecule has 0 unspecified atom stereocenters. The molecule has 0 atom stereocenters. The van der Waals surface area contributed by atoms with E-state index in [-0.39, 0.29) is 11.5 Å². The van der Waals surface area contributed by atoms with Gasteiger partial charge in [-0.3, -0.25) is 0 Å². The first kappa shape index (κ1) is 9.30. The fourth-order valence-corrected chi connectivity index (χ4v) is 2.52. The summed E-state index contributed by atoms with van der Waals surface area (Å²) in [5, 5.41) is 19.8. The molecule has 1 aromatic heterocycles. The van der Waals surface area contributed by atoms with Crippen LogP contribution in [0.5, 0.6) is 11.5 Å². The van der Waals surface area contributed by atoms with Crippen LogP contribution < -0.4 is 5.73 Å². The fourth-order valence-electron chi connectivity index (χ4n) is 1.42. The molecule has 0 aliphatic heterocycles. The number of nitrogens with two attached hydrogens (primary N) is 1. The van der Waals surface area contributed by atoms with Crippen molar-refractivity contribution in [3.8, 4) is 11.5 Å². The normalized spacial score (nSPS) is 10.9. The van der Waals surface area contributed by atoms with Crippen molar-refractivity contribution in [2.45, 2.75) is 6.42 Å².